The SMILES string of the molecule is CC(C)N1C(=S)N[C@H](c2ccccn2)[C@H]1c1cccn1C. The third-order valence-electron chi connectivity index (χ3n) is 3.98. The Labute approximate surface area is 130 Å². The third-order valence-corrected chi connectivity index (χ3v) is 4.31. The summed E-state index contributed by atoms with van der Waals surface area (Å²) in [5.41, 5.74) is 2.26. The first kappa shape index (κ1) is 14.1. The molecule has 5 heteroatoms. The fourth-order valence-corrected chi connectivity index (χ4v) is 3.47. The number of nitrogens with zero attached hydrogens (tertiary/aromatic N) is 3. The van der Waals surface area contributed by atoms with Crippen molar-refractivity contribution in [3.63, 3.8) is 0 Å². The normalized spacial score (nSPS) is 21.9. The predicted octanol–water partition coefficient (Wildman–Crippen LogP) is 2.80. The van der Waals surface area contributed by atoms with Gasteiger partial charge >= 0.3 is 0 Å². The molecule has 110 valence electrons. The largest absolute Gasteiger partial charge is 0.353 e. The molecule has 1 saturated heterocycles. The standard InChI is InChI=1S/C16H20N4S/c1-11(2)20-15(13-8-6-10-19(13)3)14(18-16(20)21)12-7-4-5-9-17-12/h4-11,14-15H,1-3H3,(H,18,21)/t14-,15-/m1/s1. The van der Waals surface area contributed by atoms with Crippen LogP contribution in [0.3, 0.4) is 0 Å². The van der Waals surface area contributed by atoms with E-state index in [9.17, 15) is 0 Å². The molecule has 2 atom stereocenters. The van der Waals surface area contributed by atoms with Crippen LogP contribution in [-0.4, -0.2) is 25.6 Å². The minimum absolute atomic E-state index is 0.0784. The van der Waals surface area contributed by atoms with Crippen molar-refractivity contribution in [1.82, 2.24) is 19.8 Å². The molecule has 0 aliphatic carbocycles. The van der Waals surface area contributed by atoms with Crippen LogP contribution < -0.4 is 5.32 Å². The van der Waals surface area contributed by atoms with E-state index in [0.717, 1.165) is 10.8 Å². The van der Waals surface area contributed by atoms with Gasteiger partial charge in [0.25, 0.3) is 0 Å². The van der Waals surface area contributed by atoms with E-state index in [-0.39, 0.29) is 12.1 Å². The summed E-state index contributed by atoms with van der Waals surface area (Å²) in [5, 5.41) is 4.25. The van der Waals surface area contributed by atoms with Gasteiger partial charge in [-0.15, -0.1) is 0 Å². The molecule has 1 aliphatic rings. The zero-order valence-corrected chi connectivity index (χ0v) is 13.3. The molecule has 4 nitrogen and oxygen atoms in total. The number of hydrogen-bond acceptors (Lipinski definition) is 2. The average Bonchev–Trinajstić information content (AvgIpc) is 3.02. The highest BCUT2D eigenvalue weighted by Crippen LogP contribution is 2.39. The van der Waals surface area contributed by atoms with Gasteiger partial charge in [0.1, 0.15) is 0 Å². The fourth-order valence-electron chi connectivity index (χ4n) is 3.02. The monoisotopic (exact) mass is 300 g/mol. The molecule has 0 saturated carbocycles. The molecule has 1 fully saturated rings. The number of aromatic nitrogens is 2. The molecule has 0 spiro atoms. The summed E-state index contributed by atoms with van der Waals surface area (Å²) in [6.07, 6.45) is 3.91. The first-order valence-electron chi connectivity index (χ1n) is 7.20. The lowest BCUT2D eigenvalue weighted by molar-refractivity contribution is 0.260. The van der Waals surface area contributed by atoms with E-state index in [1.165, 1.54) is 5.69 Å². The minimum atomic E-state index is 0.0784. The predicted molar refractivity (Wildman–Crippen MR) is 87.8 cm³/mol. The highest BCUT2D eigenvalue weighted by atomic mass is 32.1. The Morgan fingerprint density at radius 1 is 1.24 bits per heavy atom. The van der Waals surface area contributed by atoms with Gasteiger partial charge in [0.15, 0.2) is 5.11 Å². The highest BCUT2D eigenvalue weighted by molar-refractivity contribution is 7.80. The molecule has 0 aromatic carbocycles. The van der Waals surface area contributed by atoms with E-state index in [0.29, 0.717) is 6.04 Å². The second-order valence-electron chi connectivity index (χ2n) is 5.67. The molecular formula is C16H20N4S. The quantitative estimate of drug-likeness (QED) is 0.884. The highest BCUT2D eigenvalue weighted by Gasteiger charge is 2.41. The van der Waals surface area contributed by atoms with E-state index in [4.69, 9.17) is 12.2 Å². The summed E-state index contributed by atoms with van der Waals surface area (Å²) in [5.74, 6) is 0. The average molecular weight is 300 g/mol. The van der Waals surface area contributed by atoms with E-state index < -0.39 is 0 Å². The fraction of sp³-hybridized carbons (Fsp3) is 0.375. The van der Waals surface area contributed by atoms with Crippen molar-refractivity contribution in [1.29, 1.82) is 0 Å². The molecule has 1 N–H and O–H groups in total. The number of thiocarbonyl (C=S) groups is 1. The number of nitrogens with one attached hydrogen (secondary N) is 1. The molecular weight excluding hydrogens is 280 g/mol. The molecule has 3 rings (SSSR count). The summed E-state index contributed by atoms with van der Waals surface area (Å²) in [7, 11) is 2.07. The van der Waals surface area contributed by atoms with Gasteiger partial charge in [-0.2, -0.15) is 0 Å². The Bertz CT molecular complexity index is 635. The number of hydrogen-bond donors (Lipinski definition) is 1. The van der Waals surface area contributed by atoms with Gasteiger partial charge in [-0.3, -0.25) is 4.98 Å². The van der Waals surface area contributed by atoms with Crippen LogP contribution in [0, 0.1) is 0 Å². The van der Waals surface area contributed by atoms with Crippen LogP contribution >= 0.6 is 12.2 Å². The Balaban J connectivity index is 2.07. The van der Waals surface area contributed by atoms with Crippen molar-refractivity contribution in [2.45, 2.75) is 32.0 Å². The maximum absolute atomic E-state index is 5.57. The van der Waals surface area contributed by atoms with E-state index in [1.54, 1.807) is 0 Å². The van der Waals surface area contributed by atoms with Gasteiger partial charge in [-0.25, -0.2) is 0 Å². The molecule has 21 heavy (non-hydrogen) atoms. The van der Waals surface area contributed by atoms with Crippen LogP contribution in [0.15, 0.2) is 42.7 Å². The second-order valence-corrected chi connectivity index (χ2v) is 6.06. The molecule has 3 heterocycles. The van der Waals surface area contributed by atoms with Crippen molar-refractivity contribution in [2.75, 3.05) is 0 Å². The lowest BCUT2D eigenvalue weighted by Crippen LogP contribution is -2.36. The smallest absolute Gasteiger partial charge is 0.170 e. The zero-order chi connectivity index (χ0) is 15.0. The first-order valence-corrected chi connectivity index (χ1v) is 7.61. The van der Waals surface area contributed by atoms with Crippen LogP contribution in [0.1, 0.15) is 37.3 Å². The third kappa shape index (κ3) is 2.42. The van der Waals surface area contributed by atoms with Crippen LogP contribution in [0.2, 0.25) is 0 Å². The van der Waals surface area contributed by atoms with Gasteiger partial charge in [-0.1, -0.05) is 6.07 Å². The summed E-state index contributed by atoms with van der Waals surface area (Å²) >= 11 is 5.57. The van der Waals surface area contributed by atoms with Crippen molar-refractivity contribution in [3.05, 3.63) is 54.1 Å². The van der Waals surface area contributed by atoms with Gasteiger partial charge < -0.3 is 14.8 Å². The van der Waals surface area contributed by atoms with Gasteiger partial charge in [0, 0.05) is 31.2 Å². The van der Waals surface area contributed by atoms with Crippen molar-refractivity contribution in [2.24, 2.45) is 7.05 Å². The number of aryl methyl sites for hydroxylation is 1. The van der Waals surface area contributed by atoms with Crippen molar-refractivity contribution in [3.8, 4) is 0 Å². The summed E-state index contributed by atoms with van der Waals surface area (Å²) in [4.78, 5) is 6.79. The molecule has 0 unspecified atom stereocenters. The van der Waals surface area contributed by atoms with Crippen LogP contribution in [0.4, 0.5) is 0 Å². The molecule has 0 radical (unpaired) electrons. The Hall–Kier alpha value is -1.88. The van der Waals surface area contributed by atoms with Gasteiger partial charge in [-0.05, 0) is 50.3 Å². The van der Waals surface area contributed by atoms with Gasteiger partial charge in [0.05, 0.1) is 17.8 Å². The van der Waals surface area contributed by atoms with E-state index >= 15 is 0 Å². The molecule has 0 amide bonds. The number of rotatable bonds is 3. The van der Waals surface area contributed by atoms with Crippen LogP contribution in [-0.2, 0) is 7.05 Å². The number of pyridine rings is 1. The minimum Gasteiger partial charge on any atom is -0.353 e. The van der Waals surface area contributed by atoms with E-state index in [1.807, 2.05) is 18.3 Å². The first-order chi connectivity index (χ1) is 10.1. The van der Waals surface area contributed by atoms with Crippen molar-refractivity contribution < 1.29 is 0 Å². The molecule has 2 aromatic heterocycles. The summed E-state index contributed by atoms with van der Waals surface area (Å²) in [6, 6.07) is 10.8. The maximum atomic E-state index is 5.57. The Kier molecular flexibility index (Phi) is 3.68. The van der Waals surface area contributed by atoms with E-state index in [2.05, 4.69) is 65.1 Å². The van der Waals surface area contributed by atoms with Crippen LogP contribution in [0.5, 0.6) is 0 Å². The molecule has 0 bridgehead atoms. The molecule has 1 aliphatic heterocycles. The zero-order valence-electron chi connectivity index (χ0n) is 12.5. The second kappa shape index (κ2) is 5.48. The Morgan fingerprint density at radius 2 is 2.05 bits per heavy atom. The van der Waals surface area contributed by atoms with Crippen LogP contribution in [0.25, 0.3) is 0 Å². The van der Waals surface area contributed by atoms with Gasteiger partial charge in [0.2, 0.25) is 0 Å². The topological polar surface area (TPSA) is 33.1 Å². The summed E-state index contributed by atoms with van der Waals surface area (Å²) < 4.78 is 2.16. The maximum Gasteiger partial charge on any atom is 0.170 e. The molecule has 2 aromatic rings. The summed E-state index contributed by atoms with van der Waals surface area (Å²) in [6.45, 7) is 4.34. The lowest BCUT2D eigenvalue weighted by atomic mass is 10.0. The Morgan fingerprint density at radius 3 is 2.62 bits per heavy atom. The lowest BCUT2D eigenvalue weighted by Gasteiger charge is -2.31. The van der Waals surface area contributed by atoms with Crippen molar-refractivity contribution >= 4 is 17.3 Å².